The van der Waals surface area contributed by atoms with Crippen molar-refractivity contribution in [2.75, 3.05) is 46.4 Å². The Morgan fingerprint density at radius 3 is 2.68 bits per heavy atom. The van der Waals surface area contributed by atoms with Gasteiger partial charge in [0.1, 0.15) is 4.90 Å². The summed E-state index contributed by atoms with van der Waals surface area (Å²) in [6.45, 7) is 5.07. The lowest BCUT2D eigenvalue weighted by Gasteiger charge is -2.32. The van der Waals surface area contributed by atoms with Crippen LogP contribution in [-0.4, -0.2) is 75.0 Å². The largest absolute Gasteiger partial charge is 0.481 e. The Bertz CT molecular complexity index is 599. The number of ether oxygens (including phenoxy) is 1. The zero-order valence-electron chi connectivity index (χ0n) is 12.7. The zero-order valence-corrected chi connectivity index (χ0v) is 13.6. The molecule has 7 nitrogen and oxygen atoms in total. The SMILES string of the molecule is COc1ccc(S(=O)(=O)N2CCC(N3CCNCC3)C2)cn1. The Hall–Kier alpha value is -1.22. The summed E-state index contributed by atoms with van der Waals surface area (Å²) >= 11 is 0. The fourth-order valence-corrected chi connectivity index (χ4v) is 4.50. The van der Waals surface area contributed by atoms with E-state index in [1.807, 2.05) is 0 Å². The van der Waals surface area contributed by atoms with Gasteiger partial charge in [0.25, 0.3) is 0 Å². The summed E-state index contributed by atoms with van der Waals surface area (Å²) in [7, 11) is -1.95. The van der Waals surface area contributed by atoms with Gasteiger partial charge in [0.2, 0.25) is 15.9 Å². The average Bonchev–Trinajstić information content (AvgIpc) is 3.06. The number of methoxy groups -OCH3 is 1. The lowest BCUT2D eigenvalue weighted by Crippen LogP contribution is -2.49. The molecule has 0 amide bonds. The molecule has 0 spiro atoms. The number of sulfonamides is 1. The van der Waals surface area contributed by atoms with Crippen molar-refractivity contribution in [3.8, 4) is 5.88 Å². The van der Waals surface area contributed by atoms with Crippen molar-refractivity contribution in [2.24, 2.45) is 0 Å². The first-order chi connectivity index (χ1) is 10.6. The van der Waals surface area contributed by atoms with Crippen LogP contribution in [0.15, 0.2) is 23.2 Å². The highest BCUT2D eigenvalue weighted by Crippen LogP contribution is 2.24. The van der Waals surface area contributed by atoms with Gasteiger partial charge in [-0.15, -0.1) is 0 Å². The van der Waals surface area contributed by atoms with Crippen LogP contribution in [0.2, 0.25) is 0 Å². The first kappa shape index (κ1) is 15.7. The van der Waals surface area contributed by atoms with E-state index in [0.717, 1.165) is 32.6 Å². The molecule has 0 aliphatic carbocycles. The van der Waals surface area contributed by atoms with Gasteiger partial charge in [0.15, 0.2) is 0 Å². The Morgan fingerprint density at radius 1 is 1.27 bits per heavy atom. The lowest BCUT2D eigenvalue weighted by atomic mass is 10.2. The maximum Gasteiger partial charge on any atom is 0.244 e. The molecule has 2 saturated heterocycles. The summed E-state index contributed by atoms with van der Waals surface area (Å²) in [5.74, 6) is 0.416. The van der Waals surface area contributed by atoms with Crippen LogP contribution < -0.4 is 10.1 Å². The second-order valence-corrected chi connectivity index (χ2v) is 7.57. The van der Waals surface area contributed by atoms with E-state index in [1.54, 1.807) is 16.4 Å². The monoisotopic (exact) mass is 326 g/mol. The highest BCUT2D eigenvalue weighted by atomic mass is 32.2. The molecule has 3 rings (SSSR count). The number of nitrogens with zero attached hydrogens (tertiary/aromatic N) is 3. The first-order valence-electron chi connectivity index (χ1n) is 7.56. The fraction of sp³-hybridized carbons (Fsp3) is 0.643. The van der Waals surface area contributed by atoms with Crippen LogP contribution in [-0.2, 0) is 10.0 Å². The molecule has 0 aromatic carbocycles. The van der Waals surface area contributed by atoms with E-state index in [-0.39, 0.29) is 4.90 Å². The summed E-state index contributed by atoms with van der Waals surface area (Å²) in [4.78, 5) is 6.61. The number of nitrogens with one attached hydrogen (secondary N) is 1. The summed E-state index contributed by atoms with van der Waals surface area (Å²) in [6, 6.07) is 3.46. The van der Waals surface area contributed by atoms with Crippen molar-refractivity contribution in [1.29, 1.82) is 0 Å². The third kappa shape index (κ3) is 3.10. The Balaban J connectivity index is 1.70. The van der Waals surface area contributed by atoms with Gasteiger partial charge in [-0.05, 0) is 12.5 Å². The maximum absolute atomic E-state index is 12.7. The molecule has 122 valence electrons. The van der Waals surface area contributed by atoms with Gasteiger partial charge in [-0.3, -0.25) is 4.90 Å². The summed E-state index contributed by atoms with van der Waals surface area (Å²) in [6.07, 6.45) is 2.26. The van der Waals surface area contributed by atoms with E-state index >= 15 is 0 Å². The zero-order chi connectivity index (χ0) is 15.6. The normalized spacial score (nSPS) is 24.5. The van der Waals surface area contributed by atoms with Gasteiger partial charge in [0.05, 0.1) is 13.3 Å². The van der Waals surface area contributed by atoms with E-state index in [4.69, 9.17) is 4.74 Å². The molecular formula is C14H22N4O3S. The van der Waals surface area contributed by atoms with Crippen molar-refractivity contribution >= 4 is 10.0 Å². The van der Waals surface area contributed by atoms with Crippen LogP contribution >= 0.6 is 0 Å². The van der Waals surface area contributed by atoms with Crippen molar-refractivity contribution < 1.29 is 13.2 Å². The molecule has 0 saturated carbocycles. The van der Waals surface area contributed by atoms with E-state index in [9.17, 15) is 8.42 Å². The van der Waals surface area contributed by atoms with E-state index in [0.29, 0.717) is 25.0 Å². The minimum absolute atomic E-state index is 0.231. The molecule has 3 heterocycles. The van der Waals surface area contributed by atoms with Crippen LogP contribution in [0.4, 0.5) is 0 Å². The van der Waals surface area contributed by atoms with Crippen molar-refractivity contribution in [1.82, 2.24) is 19.5 Å². The summed E-state index contributed by atoms with van der Waals surface area (Å²) in [5.41, 5.74) is 0. The molecule has 8 heteroatoms. The molecule has 2 aliphatic rings. The van der Waals surface area contributed by atoms with Crippen LogP contribution in [0.3, 0.4) is 0 Å². The molecule has 22 heavy (non-hydrogen) atoms. The van der Waals surface area contributed by atoms with E-state index in [2.05, 4.69) is 15.2 Å². The highest BCUT2D eigenvalue weighted by molar-refractivity contribution is 7.89. The molecule has 1 aromatic heterocycles. The maximum atomic E-state index is 12.7. The van der Waals surface area contributed by atoms with Gasteiger partial charge in [0, 0.05) is 51.4 Å². The molecule has 1 aromatic rings. The van der Waals surface area contributed by atoms with E-state index in [1.165, 1.54) is 13.3 Å². The molecule has 0 radical (unpaired) electrons. The number of rotatable bonds is 4. The van der Waals surface area contributed by atoms with Gasteiger partial charge >= 0.3 is 0 Å². The molecule has 1 atom stereocenters. The molecule has 2 fully saturated rings. The van der Waals surface area contributed by atoms with Crippen LogP contribution in [0.25, 0.3) is 0 Å². The van der Waals surface area contributed by atoms with E-state index < -0.39 is 10.0 Å². The third-order valence-electron chi connectivity index (χ3n) is 4.35. The standard InChI is InChI=1S/C14H22N4O3S/c1-21-14-3-2-13(10-16-14)22(19,20)18-7-4-12(11-18)17-8-5-15-6-9-17/h2-3,10,12,15H,4-9,11H2,1H3. The Morgan fingerprint density at radius 2 is 2.05 bits per heavy atom. The smallest absolute Gasteiger partial charge is 0.244 e. The third-order valence-corrected chi connectivity index (χ3v) is 6.20. The van der Waals surface area contributed by atoms with Gasteiger partial charge in [-0.25, -0.2) is 13.4 Å². The second kappa shape index (κ2) is 6.49. The number of hydrogen-bond donors (Lipinski definition) is 1. The quantitative estimate of drug-likeness (QED) is 0.823. The molecule has 1 N–H and O–H groups in total. The summed E-state index contributed by atoms with van der Waals surface area (Å²) in [5, 5.41) is 3.32. The van der Waals surface area contributed by atoms with Crippen LogP contribution in [0.1, 0.15) is 6.42 Å². The number of hydrogen-bond acceptors (Lipinski definition) is 6. The molecule has 2 aliphatic heterocycles. The second-order valence-electron chi connectivity index (χ2n) is 5.63. The number of piperazine rings is 1. The predicted octanol–water partition coefficient (Wildman–Crippen LogP) is -0.242. The fourth-order valence-electron chi connectivity index (χ4n) is 3.06. The highest BCUT2D eigenvalue weighted by Gasteiger charge is 2.35. The van der Waals surface area contributed by atoms with Crippen molar-refractivity contribution in [3.63, 3.8) is 0 Å². The van der Waals surface area contributed by atoms with Crippen molar-refractivity contribution in [3.05, 3.63) is 18.3 Å². The Kier molecular flexibility index (Phi) is 4.62. The van der Waals surface area contributed by atoms with Crippen molar-refractivity contribution in [2.45, 2.75) is 17.4 Å². The van der Waals surface area contributed by atoms with Gasteiger partial charge < -0.3 is 10.1 Å². The first-order valence-corrected chi connectivity index (χ1v) is 9.00. The summed E-state index contributed by atoms with van der Waals surface area (Å²) < 4.78 is 31.9. The number of pyridine rings is 1. The van der Waals surface area contributed by atoms with Crippen LogP contribution in [0, 0.1) is 0 Å². The van der Waals surface area contributed by atoms with Gasteiger partial charge in [-0.1, -0.05) is 0 Å². The predicted molar refractivity (Wildman–Crippen MR) is 82.4 cm³/mol. The van der Waals surface area contributed by atoms with Crippen LogP contribution in [0.5, 0.6) is 5.88 Å². The molecular weight excluding hydrogens is 304 g/mol. The number of aromatic nitrogens is 1. The lowest BCUT2D eigenvalue weighted by molar-refractivity contribution is 0.179. The molecule has 1 unspecified atom stereocenters. The minimum atomic E-state index is -3.46. The minimum Gasteiger partial charge on any atom is -0.481 e. The Labute approximate surface area is 131 Å². The van der Waals surface area contributed by atoms with Gasteiger partial charge in [-0.2, -0.15) is 4.31 Å². The topological polar surface area (TPSA) is 74.8 Å². The molecule has 0 bridgehead atoms. The average molecular weight is 326 g/mol.